The first-order valence-corrected chi connectivity index (χ1v) is 11.0. The van der Waals surface area contributed by atoms with Gasteiger partial charge in [0.2, 0.25) is 0 Å². The maximum atomic E-state index is 10.7. The first kappa shape index (κ1) is 22.7. The fourth-order valence-electron chi connectivity index (χ4n) is 5.90. The average molecular weight is 388 g/mol. The summed E-state index contributed by atoms with van der Waals surface area (Å²) in [6.07, 6.45) is 14.5. The molecule has 3 N–H and O–H groups in total. The van der Waals surface area contributed by atoms with Gasteiger partial charge in [0.15, 0.2) is 0 Å². The third kappa shape index (κ3) is 5.48. The average Bonchev–Trinajstić information content (AvgIpc) is 2.58. The van der Waals surface area contributed by atoms with Crippen molar-refractivity contribution in [3.63, 3.8) is 0 Å². The Kier molecular flexibility index (Phi) is 7.52. The van der Waals surface area contributed by atoms with Crippen molar-refractivity contribution in [2.45, 2.75) is 92.9 Å². The number of amides is 2. The normalized spacial score (nSPS) is 30.4. The molecular weight excluding hydrogens is 346 g/mol. The standard InChI is InChI=1S/C24H41N3O/c1-17(9-7-10-19(3)26-27-22(25)28)11-13-20-18(2)12-14-21-23(4,5)15-8-16-24(20,21)6/h9,12,20-21H,7-8,10-11,13-16H2,1-6H3,(H3,25,27,28)/b17-9-,26-19-/t20-,21+,24-/m0/s1. The third-order valence-corrected chi connectivity index (χ3v) is 7.48. The van der Waals surface area contributed by atoms with Crippen LogP contribution in [0.3, 0.4) is 0 Å². The highest BCUT2D eigenvalue weighted by Crippen LogP contribution is 2.60. The van der Waals surface area contributed by atoms with Crippen LogP contribution in [0.2, 0.25) is 0 Å². The maximum Gasteiger partial charge on any atom is 0.332 e. The Labute approximate surface area is 172 Å². The molecule has 2 rings (SSSR count). The zero-order chi connectivity index (χ0) is 20.9. The number of nitrogens with one attached hydrogen (secondary N) is 1. The van der Waals surface area contributed by atoms with E-state index >= 15 is 0 Å². The van der Waals surface area contributed by atoms with Gasteiger partial charge < -0.3 is 5.73 Å². The zero-order valence-electron chi connectivity index (χ0n) is 18.9. The minimum absolute atomic E-state index is 0.449. The fraction of sp³-hybridized carbons (Fsp3) is 0.750. The number of hydrazone groups is 1. The van der Waals surface area contributed by atoms with Gasteiger partial charge in [0.05, 0.1) is 0 Å². The number of fused-ring (bicyclic) bond motifs is 1. The quantitative estimate of drug-likeness (QED) is 0.299. The minimum atomic E-state index is -0.611. The van der Waals surface area contributed by atoms with Crippen LogP contribution in [0, 0.1) is 22.7 Å². The number of allylic oxidation sites excluding steroid dienone is 4. The SMILES string of the molecule is CC1=CC[C@@H]2C(C)(C)CCC[C@@]2(C)[C@H]1CC/C(C)=C\CC/C(C)=N\NC(N)=O. The summed E-state index contributed by atoms with van der Waals surface area (Å²) in [6, 6.07) is -0.611. The van der Waals surface area contributed by atoms with E-state index in [1.54, 1.807) is 5.57 Å². The predicted molar refractivity (Wildman–Crippen MR) is 119 cm³/mol. The van der Waals surface area contributed by atoms with Gasteiger partial charge in [-0.2, -0.15) is 5.10 Å². The Morgan fingerprint density at radius 3 is 2.68 bits per heavy atom. The lowest BCUT2D eigenvalue weighted by Gasteiger charge is -2.57. The van der Waals surface area contributed by atoms with Crippen LogP contribution in [-0.2, 0) is 0 Å². The van der Waals surface area contributed by atoms with Gasteiger partial charge in [-0.1, -0.05) is 50.5 Å². The molecule has 0 bridgehead atoms. The van der Waals surface area contributed by atoms with Crippen LogP contribution in [-0.4, -0.2) is 11.7 Å². The number of carbonyl (C=O) groups excluding carboxylic acids is 1. The van der Waals surface area contributed by atoms with Crippen LogP contribution in [0.1, 0.15) is 92.9 Å². The largest absolute Gasteiger partial charge is 0.350 e. The van der Waals surface area contributed by atoms with E-state index in [1.165, 1.54) is 37.7 Å². The molecule has 1 saturated carbocycles. The smallest absolute Gasteiger partial charge is 0.332 e. The molecule has 0 radical (unpaired) electrons. The molecule has 28 heavy (non-hydrogen) atoms. The van der Waals surface area contributed by atoms with Crippen molar-refractivity contribution in [1.82, 2.24) is 5.43 Å². The number of nitrogens with two attached hydrogens (primary N) is 1. The van der Waals surface area contributed by atoms with E-state index in [0.29, 0.717) is 16.7 Å². The fourth-order valence-corrected chi connectivity index (χ4v) is 5.90. The van der Waals surface area contributed by atoms with E-state index in [9.17, 15) is 4.79 Å². The van der Waals surface area contributed by atoms with Gasteiger partial charge in [0, 0.05) is 5.71 Å². The topological polar surface area (TPSA) is 67.5 Å². The van der Waals surface area contributed by atoms with Gasteiger partial charge >= 0.3 is 6.03 Å². The number of primary amides is 1. The van der Waals surface area contributed by atoms with E-state index in [1.807, 2.05) is 6.92 Å². The molecular formula is C24H41N3O. The monoisotopic (exact) mass is 387 g/mol. The predicted octanol–water partition coefficient (Wildman–Crippen LogP) is 6.34. The lowest BCUT2D eigenvalue weighted by molar-refractivity contribution is -0.0390. The van der Waals surface area contributed by atoms with E-state index in [-0.39, 0.29) is 0 Å². The van der Waals surface area contributed by atoms with Crippen LogP contribution in [0.25, 0.3) is 0 Å². The van der Waals surface area contributed by atoms with E-state index in [0.717, 1.165) is 30.9 Å². The number of rotatable bonds is 7. The molecule has 0 saturated heterocycles. The van der Waals surface area contributed by atoms with Crippen LogP contribution >= 0.6 is 0 Å². The molecule has 0 aliphatic heterocycles. The summed E-state index contributed by atoms with van der Waals surface area (Å²) in [5.74, 6) is 1.51. The number of carbonyl (C=O) groups is 1. The van der Waals surface area contributed by atoms with Crippen molar-refractivity contribution in [3.05, 3.63) is 23.3 Å². The Morgan fingerprint density at radius 1 is 1.29 bits per heavy atom. The molecule has 1 fully saturated rings. The molecule has 2 amide bonds. The van der Waals surface area contributed by atoms with Gasteiger partial charge in [0.1, 0.15) is 0 Å². The van der Waals surface area contributed by atoms with Gasteiger partial charge in [-0.25, -0.2) is 10.2 Å². The molecule has 0 aromatic rings. The van der Waals surface area contributed by atoms with Crippen LogP contribution in [0.5, 0.6) is 0 Å². The Bertz CT molecular complexity index is 659. The number of hydrogen-bond donors (Lipinski definition) is 2. The highest BCUT2D eigenvalue weighted by molar-refractivity contribution is 5.83. The van der Waals surface area contributed by atoms with Crippen LogP contribution < -0.4 is 11.2 Å². The Hall–Kier alpha value is -1.58. The summed E-state index contributed by atoms with van der Waals surface area (Å²) in [5, 5.41) is 3.97. The molecule has 0 spiro atoms. The molecule has 0 aromatic heterocycles. The summed E-state index contributed by atoms with van der Waals surface area (Å²) in [6.45, 7) is 14.1. The molecule has 158 valence electrons. The van der Waals surface area contributed by atoms with Crippen molar-refractivity contribution in [2.75, 3.05) is 0 Å². The van der Waals surface area contributed by atoms with Crippen molar-refractivity contribution in [3.8, 4) is 0 Å². The van der Waals surface area contributed by atoms with Gasteiger partial charge in [-0.05, 0) is 88.4 Å². The maximum absolute atomic E-state index is 10.7. The molecule has 3 atom stereocenters. The Morgan fingerprint density at radius 2 is 2.00 bits per heavy atom. The number of nitrogens with zero attached hydrogens (tertiary/aromatic N) is 1. The van der Waals surface area contributed by atoms with E-state index in [4.69, 9.17) is 5.73 Å². The third-order valence-electron chi connectivity index (χ3n) is 7.48. The van der Waals surface area contributed by atoms with Gasteiger partial charge in [-0.3, -0.25) is 0 Å². The molecule has 0 unspecified atom stereocenters. The molecule has 2 aliphatic rings. The summed E-state index contributed by atoms with van der Waals surface area (Å²) >= 11 is 0. The lowest BCUT2D eigenvalue weighted by atomic mass is 9.48. The summed E-state index contributed by atoms with van der Waals surface area (Å²) in [5.41, 5.74) is 12.2. The van der Waals surface area contributed by atoms with Gasteiger partial charge in [-0.15, -0.1) is 0 Å². The van der Waals surface area contributed by atoms with Crippen molar-refractivity contribution >= 4 is 11.7 Å². The van der Waals surface area contributed by atoms with Crippen molar-refractivity contribution in [1.29, 1.82) is 0 Å². The molecule has 0 heterocycles. The first-order valence-electron chi connectivity index (χ1n) is 11.0. The Balaban J connectivity index is 1.95. The summed E-state index contributed by atoms with van der Waals surface area (Å²) < 4.78 is 0. The minimum Gasteiger partial charge on any atom is -0.350 e. The van der Waals surface area contributed by atoms with Crippen LogP contribution in [0.4, 0.5) is 4.79 Å². The van der Waals surface area contributed by atoms with E-state index in [2.05, 4.69) is 57.3 Å². The van der Waals surface area contributed by atoms with Crippen molar-refractivity contribution in [2.24, 2.45) is 33.5 Å². The van der Waals surface area contributed by atoms with E-state index < -0.39 is 6.03 Å². The highest BCUT2D eigenvalue weighted by atomic mass is 16.2. The number of urea groups is 1. The highest BCUT2D eigenvalue weighted by Gasteiger charge is 2.51. The second-order valence-corrected chi connectivity index (χ2v) is 10.1. The molecule has 4 heteroatoms. The molecule has 4 nitrogen and oxygen atoms in total. The summed E-state index contributed by atoms with van der Waals surface area (Å²) in [4.78, 5) is 10.7. The first-order chi connectivity index (χ1) is 13.1. The lowest BCUT2D eigenvalue weighted by Crippen LogP contribution is -2.48. The second-order valence-electron chi connectivity index (χ2n) is 10.1. The summed E-state index contributed by atoms with van der Waals surface area (Å²) in [7, 11) is 0. The molecule has 2 aliphatic carbocycles. The van der Waals surface area contributed by atoms with Crippen molar-refractivity contribution < 1.29 is 4.79 Å². The second kappa shape index (κ2) is 9.28. The van der Waals surface area contributed by atoms with Gasteiger partial charge in [0.25, 0.3) is 0 Å². The van der Waals surface area contributed by atoms with Crippen LogP contribution in [0.15, 0.2) is 28.4 Å². The molecule has 0 aromatic carbocycles. The number of hydrogen-bond acceptors (Lipinski definition) is 2. The zero-order valence-corrected chi connectivity index (χ0v) is 18.9.